The molecule has 1 aliphatic rings. The number of nitrogens with two attached hydrogens (primary N) is 1. The smallest absolute Gasteiger partial charge is 0.326 e. The number of hydrogen-bond acceptors (Lipinski definition) is 10. The van der Waals surface area contributed by atoms with Crippen molar-refractivity contribution in [3.63, 3.8) is 0 Å². The van der Waals surface area contributed by atoms with E-state index in [0.29, 0.717) is 30.3 Å². The van der Waals surface area contributed by atoms with Gasteiger partial charge in [0.25, 0.3) is 11.5 Å². The van der Waals surface area contributed by atoms with E-state index < -0.39 is 29.9 Å². The number of amides is 1. The highest BCUT2D eigenvalue weighted by molar-refractivity contribution is 5.97. The number of carboxylic acids is 2. The van der Waals surface area contributed by atoms with E-state index in [1.54, 1.807) is 12.1 Å². The molecule has 10 N–H and O–H groups in total. The van der Waals surface area contributed by atoms with E-state index in [0.717, 1.165) is 0 Å². The largest absolute Gasteiger partial charge is 0.480 e. The van der Waals surface area contributed by atoms with Gasteiger partial charge < -0.3 is 42.5 Å². The van der Waals surface area contributed by atoms with E-state index >= 15 is 0 Å². The van der Waals surface area contributed by atoms with Crippen molar-refractivity contribution in [2.24, 2.45) is 0 Å². The Morgan fingerprint density at radius 3 is 2.47 bits per heavy atom. The number of benzene rings is 1. The van der Waals surface area contributed by atoms with Gasteiger partial charge in [0.1, 0.15) is 17.8 Å². The van der Waals surface area contributed by atoms with Crippen molar-refractivity contribution in [2.45, 2.75) is 24.5 Å². The molecule has 34 heavy (non-hydrogen) atoms. The number of anilines is 4. The monoisotopic (exact) mass is 474 g/mol. The van der Waals surface area contributed by atoms with Gasteiger partial charge in [-0.25, -0.2) is 4.79 Å². The molecular weight excluding hydrogens is 448 g/mol. The highest BCUT2D eigenvalue weighted by Gasteiger charge is 2.27. The molecule has 2 unspecified atom stereocenters. The van der Waals surface area contributed by atoms with Crippen molar-refractivity contribution in [1.82, 2.24) is 20.6 Å². The lowest BCUT2D eigenvalue weighted by Crippen LogP contribution is -2.47. The number of aliphatic carboxylic acids is 2. The number of H-pyrrole nitrogens is 1. The fourth-order valence-corrected chi connectivity index (χ4v) is 3.37. The molecule has 1 aromatic heterocycles. The third-order valence-electron chi connectivity index (χ3n) is 5.22. The Morgan fingerprint density at radius 1 is 1.18 bits per heavy atom. The van der Waals surface area contributed by atoms with Gasteiger partial charge in [-0.15, -0.1) is 0 Å². The van der Waals surface area contributed by atoms with Gasteiger partial charge in [-0.1, -0.05) is 0 Å². The van der Waals surface area contributed by atoms with Crippen LogP contribution >= 0.6 is 0 Å². The van der Waals surface area contributed by atoms with Crippen LogP contribution in [0.5, 0.6) is 0 Å². The second-order valence-corrected chi connectivity index (χ2v) is 7.63. The van der Waals surface area contributed by atoms with Gasteiger partial charge >= 0.3 is 11.9 Å². The first-order valence-electron chi connectivity index (χ1n) is 10.4. The molecule has 0 aliphatic carbocycles. The van der Waals surface area contributed by atoms with Crippen molar-refractivity contribution >= 4 is 41.0 Å². The Hall–Kier alpha value is -4.33. The van der Waals surface area contributed by atoms with E-state index in [-0.39, 0.29) is 29.5 Å². The lowest BCUT2D eigenvalue weighted by molar-refractivity contribution is -0.142. The quantitative estimate of drug-likeness (QED) is 0.200. The second kappa shape index (κ2) is 10.5. The summed E-state index contributed by atoms with van der Waals surface area (Å²) in [5.74, 6) is -2.77. The Balaban J connectivity index is 1.56. The van der Waals surface area contributed by atoms with Gasteiger partial charge in [0, 0.05) is 30.8 Å². The van der Waals surface area contributed by atoms with Crippen LogP contribution in [0.4, 0.5) is 23.1 Å². The lowest BCUT2D eigenvalue weighted by Gasteiger charge is -2.27. The van der Waals surface area contributed by atoms with E-state index in [1.165, 1.54) is 19.2 Å². The third-order valence-corrected chi connectivity index (χ3v) is 5.22. The number of likely N-dealkylation sites (N-methyl/N-ethyl adjacent to an activating group) is 1. The molecule has 3 atom stereocenters. The molecule has 0 saturated carbocycles. The average molecular weight is 474 g/mol. The number of hydrogen-bond donors (Lipinski definition) is 9. The Morgan fingerprint density at radius 2 is 1.85 bits per heavy atom. The molecule has 1 aliphatic heterocycles. The maximum absolute atomic E-state index is 12.5. The van der Waals surface area contributed by atoms with Crippen molar-refractivity contribution in [1.29, 1.82) is 0 Å². The molecule has 3 rings (SSSR count). The summed E-state index contributed by atoms with van der Waals surface area (Å²) in [7, 11) is 1.40. The summed E-state index contributed by atoms with van der Waals surface area (Å²) in [6.45, 7) is 0.945. The molecule has 14 heteroatoms. The number of carbonyl (C=O) groups is 3. The molecule has 0 spiro atoms. The van der Waals surface area contributed by atoms with Crippen LogP contribution in [0, 0.1) is 0 Å². The minimum Gasteiger partial charge on any atom is -0.480 e. The van der Waals surface area contributed by atoms with Crippen LogP contribution < -0.4 is 37.9 Å². The lowest BCUT2D eigenvalue weighted by atomic mass is 10.1. The predicted molar refractivity (Wildman–Crippen MR) is 124 cm³/mol. The van der Waals surface area contributed by atoms with Gasteiger partial charge in [-0.2, -0.15) is 4.98 Å². The van der Waals surface area contributed by atoms with Crippen LogP contribution in [0.25, 0.3) is 0 Å². The summed E-state index contributed by atoms with van der Waals surface area (Å²) in [4.78, 5) is 53.5. The number of nitrogens with one attached hydrogen (secondary N) is 6. The number of rotatable bonds is 10. The molecule has 14 nitrogen and oxygen atoms in total. The van der Waals surface area contributed by atoms with Crippen LogP contribution in [-0.4, -0.2) is 76.3 Å². The van der Waals surface area contributed by atoms with Gasteiger partial charge in [0.2, 0.25) is 5.95 Å². The van der Waals surface area contributed by atoms with E-state index in [9.17, 15) is 24.3 Å². The summed E-state index contributed by atoms with van der Waals surface area (Å²) in [5, 5.41) is 32.6. The second-order valence-electron chi connectivity index (χ2n) is 7.63. The molecule has 0 bridgehead atoms. The maximum atomic E-state index is 12.5. The molecule has 0 saturated heterocycles. The number of nitrogens with zero attached hydrogens (tertiary/aromatic N) is 1. The Kier molecular flexibility index (Phi) is 7.53. The minimum absolute atomic E-state index is 0.0251. The van der Waals surface area contributed by atoms with Gasteiger partial charge in [-0.05, 0) is 31.3 Å². The van der Waals surface area contributed by atoms with Crippen LogP contribution in [0.3, 0.4) is 0 Å². The molecule has 182 valence electrons. The van der Waals surface area contributed by atoms with Gasteiger partial charge in [0.15, 0.2) is 5.82 Å². The van der Waals surface area contributed by atoms with E-state index in [2.05, 4.69) is 36.6 Å². The first-order valence-corrected chi connectivity index (χ1v) is 10.4. The van der Waals surface area contributed by atoms with Crippen LogP contribution in [0.1, 0.15) is 16.8 Å². The zero-order valence-corrected chi connectivity index (χ0v) is 18.2. The van der Waals surface area contributed by atoms with E-state index in [4.69, 9.17) is 10.8 Å². The Labute approximate surface area is 193 Å². The number of aromatic amines is 1. The highest BCUT2D eigenvalue weighted by Crippen LogP contribution is 2.20. The third kappa shape index (κ3) is 5.92. The fraction of sp³-hybridized carbons (Fsp3) is 0.350. The summed E-state index contributed by atoms with van der Waals surface area (Å²) in [5.41, 5.74) is 6.38. The Bertz CT molecular complexity index is 1120. The van der Waals surface area contributed by atoms with Crippen molar-refractivity contribution < 1.29 is 24.6 Å². The number of nitrogen functional groups attached to an aromatic ring is 1. The molecule has 2 aromatic rings. The summed E-state index contributed by atoms with van der Waals surface area (Å²) < 4.78 is 0. The number of carbonyl (C=O) groups excluding carboxylic acids is 1. The molecule has 0 fully saturated rings. The highest BCUT2D eigenvalue weighted by atomic mass is 16.4. The van der Waals surface area contributed by atoms with Crippen molar-refractivity contribution in [2.75, 3.05) is 41.8 Å². The zero-order chi connectivity index (χ0) is 24.8. The maximum Gasteiger partial charge on any atom is 0.326 e. The molecular formula is C20H26N8O6. The van der Waals surface area contributed by atoms with Crippen molar-refractivity contribution in [3.8, 4) is 0 Å². The minimum atomic E-state index is -1.38. The van der Waals surface area contributed by atoms with Crippen LogP contribution in [0.15, 0.2) is 29.1 Å². The van der Waals surface area contributed by atoms with Crippen LogP contribution in [-0.2, 0) is 9.59 Å². The zero-order valence-electron chi connectivity index (χ0n) is 18.2. The average Bonchev–Trinajstić information content (AvgIpc) is 2.80. The summed E-state index contributed by atoms with van der Waals surface area (Å²) in [6, 6.07) is 3.71. The van der Waals surface area contributed by atoms with Gasteiger partial charge in [-0.3, -0.25) is 19.4 Å². The topological polar surface area (TPSA) is 224 Å². The fourth-order valence-electron chi connectivity index (χ4n) is 3.37. The molecule has 2 heterocycles. The molecule has 0 radical (unpaired) electrons. The predicted octanol–water partition coefficient (Wildman–Crippen LogP) is -1.08. The first-order chi connectivity index (χ1) is 16.2. The normalized spacial score (nSPS) is 16.2. The molecule has 1 aromatic carbocycles. The first kappa shape index (κ1) is 24.3. The summed E-state index contributed by atoms with van der Waals surface area (Å²) in [6.07, 6.45) is -0.316. The summed E-state index contributed by atoms with van der Waals surface area (Å²) >= 11 is 0. The number of carboxylic acid groups (broad SMARTS) is 2. The number of aromatic nitrogens is 2. The molecule has 1 amide bonds. The number of fused-ring (bicyclic) bond motifs is 1. The van der Waals surface area contributed by atoms with Crippen LogP contribution in [0.2, 0.25) is 0 Å². The SMILES string of the molecule is CNC(C[C@H](NC(=O)c1ccc(NCC2CNc3nc(N)[nH]c(=O)c3N2)cc1)C(=O)O)C(=O)O. The van der Waals surface area contributed by atoms with Gasteiger partial charge in [0.05, 0.1) is 6.04 Å². The van der Waals surface area contributed by atoms with Crippen molar-refractivity contribution in [3.05, 3.63) is 40.2 Å². The standard InChI is InChI=1S/C20H26N8O6/c1-22-12(18(31)32)6-13(19(33)34)26-16(29)9-2-4-10(5-3-9)23-7-11-8-24-15-14(25-11)17(30)28-20(21)27-15/h2-5,11-13,22-23,25H,6-8H2,1H3,(H,26,29)(H,31,32)(H,33,34)(H4,21,24,27,28,30)/t11?,12?,13-/m0/s1. The van der Waals surface area contributed by atoms with E-state index in [1.807, 2.05) is 0 Å².